The summed E-state index contributed by atoms with van der Waals surface area (Å²) in [5.74, 6) is 5.13. The van der Waals surface area contributed by atoms with E-state index < -0.39 is 0 Å². The topological polar surface area (TPSA) is 26.3 Å². The van der Waals surface area contributed by atoms with Gasteiger partial charge in [0, 0.05) is 11.0 Å². The van der Waals surface area contributed by atoms with Crippen LogP contribution in [0.1, 0.15) is 114 Å². The number of esters is 1. The van der Waals surface area contributed by atoms with E-state index in [-0.39, 0.29) is 22.9 Å². The van der Waals surface area contributed by atoms with Crippen LogP contribution >= 0.6 is 0 Å². The van der Waals surface area contributed by atoms with E-state index in [4.69, 9.17) is 4.74 Å². The van der Waals surface area contributed by atoms with Crippen LogP contribution in [0, 0.1) is 73.9 Å². The molecule has 0 amide bonds. The lowest BCUT2D eigenvalue weighted by Crippen LogP contribution is -2.77. The minimum Gasteiger partial charge on any atom is -0.458 e. The van der Waals surface area contributed by atoms with Crippen molar-refractivity contribution < 1.29 is 9.53 Å². The standard InChI is InChI=1S/C34H54O2/c1-19(2)28(35)36-27-18-22-16-25(31(22,7)8)34(27,11)33(10)24-15-21(30(24,5)6)17-26(33)32(9)13-12-20-14-23(32)29(20,3)4/h20-27H,1,12-18H2,2-11H3. The molecule has 0 radical (unpaired) electrons. The third-order valence-corrected chi connectivity index (χ3v) is 15.7. The lowest BCUT2D eigenvalue weighted by atomic mass is 9.23. The third kappa shape index (κ3) is 2.64. The Balaban J connectivity index is 1.50. The van der Waals surface area contributed by atoms with Crippen LogP contribution in [-0.4, -0.2) is 12.1 Å². The fraction of sp³-hybridized carbons (Fsp3) is 0.912. The molecule has 2 nitrogen and oxygen atoms in total. The molecule has 202 valence electrons. The van der Waals surface area contributed by atoms with Crippen LogP contribution in [-0.2, 0) is 9.53 Å². The number of fused-ring (bicyclic) bond motifs is 8. The maximum atomic E-state index is 13.1. The van der Waals surface area contributed by atoms with Crippen LogP contribution in [0.3, 0.4) is 0 Å². The van der Waals surface area contributed by atoms with E-state index in [9.17, 15) is 4.79 Å². The number of hydrogen-bond acceptors (Lipinski definition) is 2. The molecule has 0 spiro atoms. The van der Waals surface area contributed by atoms with Gasteiger partial charge in [-0.3, -0.25) is 0 Å². The fourth-order valence-corrected chi connectivity index (χ4v) is 12.9. The van der Waals surface area contributed by atoms with Gasteiger partial charge in [0.2, 0.25) is 0 Å². The van der Waals surface area contributed by atoms with E-state index in [1.807, 2.05) is 6.92 Å². The predicted molar refractivity (Wildman–Crippen MR) is 147 cm³/mol. The SMILES string of the molecule is C=C(C)C(=O)OC1CC2CC(C2(C)C)C1(C)C1(C)C2CC(CC1C1(C)CCC3CC1C3(C)C)C2(C)C. The Bertz CT molecular complexity index is 1000. The molecule has 0 aliphatic heterocycles. The summed E-state index contributed by atoms with van der Waals surface area (Å²) >= 11 is 0. The van der Waals surface area contributed by atoms with Gasteiger partial charge in [0.15, 0.2) is 0 Å². The molecule has 0 heterocycles. The molecule has 9 aliphatic carbocycles. The lowest BCUT2D eigenvalue weighted by Gasteiger charge is -2.81. The maximum Gasteiger partial charge on any atom is 0.333 e. The second-order valence-electron chi connectivity index (χ2n) is 17.2. The zero-order valence-corrected chi connectivity index (χ0v) is 25.1. The summed E-state index contributed by atoms with van der Waals surface area (Å²) in [7, 11) is 0. The van der Waals surface area contributed by atoms with Crippen LogP contribution in [0.4, 0.5) is 0 Å². The molecule has 9 aliphatic rings. The first-order valence-corrected chi connectivity index (χ1v) is 15.3. The monoisotopic (exact) mass is 494 g/mol. The minimum atomic E-state index is -0.168. The van der Waals surface area contributed by atoms with Crippen molar-refractivity contribution in [1.29, 1.82) is 0 Å². The quantitative estimate of drug-likeness (QED) is 0.288. The van der Waals surface area contributed by atoms with Crippen LogP contribution in [0.15, 0.2) is 12.2 Å². The van der Waals surface area contributed by atoms with Crippen molar-refractivity contribution >= 4 is 5.97 Å². The summed E-state index contributed by atoms with van der Waals surface area (Å²) in [6, 6.07) is 0. The molecule has 0 saturated heterocycles. The molecule has 0 N–H and O–H groups in total. The van der Waals surface area contributed by atoms with Gasteiger partial charge in [-0.15, -0.1) is 0 Å². The fourth-order valence-electron chi connectivity index (χ4n) is 12.9. The summed E-state index contributed by atoms with van der Waals surface area (Å²) in [5, 5.41) is 0. The van der Waals surface area contributed by atoms with Crippen molar-refractivity contribution in [3.05, 3.63) is 12.2 Å². The number of carbonyl (C=O) groups excluding carboxylic acids is 1. The summed E-state index contributed by atoms with van der Waals surface area (Å²) < 4.78 is 6.52. The van der Waals surface area contributed by atoms with Crippen LogP contribution in [0.25, 0.3) is 0 Å². The zero-order chi connectivity index (χ0) is 26.4. The number of rotatable bonds is 4. The molecule has 36 heavy (non-hydrogen) atoms. The molecule has 0 aromatic heterocycles. The summed E-state index contributed by atoms with van der Waals surface area (Å²) in [6.45, 7) is 29.2. The Morgan fingerprint density at radius 1 is 0.667 bits per heavy atom. The van der Waals surface area contributed by atoms with E-state index in [2.05, 4.69) is 68.9 Å². The van der Waals surface area contributed by atoms with Crippen molar-refractivity contribution in [3.63, 3.8) is 0 Å². The van der Waals surface area contributed by atoms with Gasteiger partial charge in [-0.2, -0.15) is 0 Å². The molecule has 9 saturated carbocycles. The van der Waals surface area contributed by atoms with Crippen molar-refractivity contribution in [2.45, 2.75) is 120 Å². The molecule has 2 heteroatoms. The van der Waals surface area contributed by atoms with Gasteiger partial charge < -0.3 is 4.74 Å². The normalized spacial score (nSPS) is 54.8. The van der Waals surface area contributed by atoms with Gasteiger partial charge in [0.25, 0.3) is 0 Å². The smallest absolute Gasteiger partial charge is 0.333 e. The van der Waals surface area contributed by atoms with Gasteiger partial charge >= 0.3 is 5.97 Å². The third-order valence-electron chi connectivity index (χ3n) is 15.7. The van der Waals surface area contributed by atoms with Crippen molar-refractivity contribution in [3.8, 4) is 0 Å². The van der Waals surface area contributed by atoms with E-state index in [0.29, 0.717) is 50.9 Å². The Kier molecular flexibility index (Phi) is 4.98. The van der Waals surface area contributed by atoms with E-state index in [0.717, 1.165) is 24.2 Å². The molecule has 0 aromatic rings. The van der Waals surface area contributed by atoms with Crippen LogP contribution in [0.2, 0.25) is 0 Å². The second-order valence-corrected chi connectivity index (χ2v) is 17.2. The molecule has 9 fully saturated rings. The Morgan fingerprint density at radius 3 is 1.64 bits per heavy atom. The average Bonchev–Trinajstić information content (AvgIpc) is 2.78. The number of hydrogen-bond donors (Lipinski definition) is 0. The molecule has 6 bridgehead atoms. The first-order chi connectivity index (χ1) is 16.4. The summed E-state index contributed by atoms with van der Waals surface area (Å²) in [4.78, 5) is 13.1. The van der Waals surface area contributed by atoms with Gasteiger partial charge in [0.1, 0.15) is 6.10 Å². The molecule has 9 rings (SSSR count). The first kappa shape index (κ1) is 25.5. The zero-order valence-electron chi connectivity index (χ0n) is 25.1. The van der Waals surface area contributed by atoms with E-state index >= 15 is 0 Å². The van der Waals surface area contributed by atoms with Crippen LogP contribution in [0.5, 0.6) is 0 Å². The predicted octanol–water partition coefficient (Wildman–Crippen LogP) is 8.70. The van der Waals surface area contributed by atoms with Gasteiger partial charge in [-0.05, 0) is 120 Å². The largest absolute Gasteiger partial charge is 0.458 e. The Hall–Kier alpha value is -0.790. The van der Waals surface area contributed by atoms with Gasteiger partial charge in [-0.1, -0.05) is 68.9 Å². The highest BCUT2D eigenvalue weighted by atomic mass is 16.5. The van der Waals surface area contributed by atoms with E-state index in [1.54, 1.807) is 0 Å². The molecule has 11 unspecified atom stereocenters. The van der Waals surface area contributed by atoms with Crippen molar-refractivity contribution in [2.75, 3.05) is 0 Å². The Labute approximate surface area is 221 Å². The van der Waals surface area contributed by atoms with E-state index in [1.165, 1.54) is 38.5 Å². The first-order valence-electron chi connectivity index (χ1n) is 15.3. The summed E-state index contributed by atoms with van der Waals surface area (Å²) in [5.41, 5.74) is 2.26. The minimum absolute atomic E-state index is 0.00765. The van der Waals surface area contributed by atoms with Crippen molar-refractivity contribution in [2.24, 2.45) is 73.9 Å². The molecule has 0 aromatic carbocycles. The molecule has 11 atom stereocenters. The van der Waals surface area contributed by atoms with Crippen LogP contribution < -0.4 is 0 Å². The highest BCUT2D eigenvalue weighted by Crippen LogP contribution is 2.83. The number of ether oxygens (including phenoxy) is 1. The number of carbonyl (C=O) groups is 1. The average molecular weight is 495 g/mol. The molecular weight excluding hydrogens is 440 g/mol. The van der Waals surface area contributed by atoms with Crippen molar-refractivity contribution in [1.82, 2.24) is 0 Å². The maximum absolute atomic E-state index is 13.1. The highest BCUT2D eigenvalue weighted by Gasteiger charge is 2.79. The van der Waals surface area contributed by atoms with Gasteiger partial charge in [0.05, 0.1) is 0 Å². The Morgan fingerprint density at radius 2 is 1.14 bits per heavy atom. The lowest BCUT2D eigenvalue weighted by molar-refractivity contribution is -0.345. The molecular formula is C34H54O2. The highest BCUT2D eigenvalue weighted by molar-refractivity contribution is 5.87. The second kappa shape index (κ2) is 7.04. The summed E-state index contributed by atoms with van der Waals surface area (Å²) in [6.07, 6.45) is 9.36. The van der Waals surface area contributed by atoms with Gasteiger partial charge in [-0.25, -0.2) is 4.79 Å².